The number of hydrogen-bond donors (Lipinski definition) is 1. The Kier molecular flexibility index (Phi) is 5.45. The first-order chi connectivity index (χ1) is 7.67. The van der Waals surface area contributed by atoms with Crippen LogP contribution in [0, 0.1) is 0 Å². The van der Waals surface area contributed by atoms with Gasteiger partial charge in [-0.05, 0) is 6.92 Å². The molecule has 1 heterocycles. The molecule has 90 valence electrons. The van der Waals surface area contributed by atoms with Crippen LogP contribution >= 0.6 is 11.6 Å². The summed E-state index contributed by atoms with van der Waals surface area (Å²) in [6, 6.07) is 1.66. The highest BCUT2D eigenvalue weighted by Gasteiger charge is 2.07. The number of likely N-dealkylation sites (N-methyl/N-ethyl adjacent to an activating group) is 1. The van der Waals surface area contributed by atoms with Crippen LogP contribution in [0.25, 0.3) is 0 Å². The van der Waals surface area contributed by atoms with Crippen molar-refractivity contribution in [3.8, 4) is 0 Å². The Morgan fingerprint density at radius 1 is 1.50 bits per heavy atom. The van der Waals surface area contributed by atoms with Crippen LogP contribution in [0.15, 0.2) is 6.07 Å². The van der Waals surface area contributed by atoms with E-state index in [1.54, 1.807) is 6.07 Å². The molecule has 0 saturated carbocycles. The van der Waals surface area contributed by atoms with Gasteiger partial charge in [-0.1, -0.05) is 11.6 Å². The summed E-state index contributed by atoms with van der Waals surface area (Å²) in [5, 5.41) is 9.21. The molecule has 0 aromatic carbocycles. The molecule has 1 aromatic rings. The van der Waals surface area contributed by atoms with Crippen LogP contribution in [-0.2, 0) is 11.3 Å². The molecule has 6 heteroatoms. The Morgan fingerprint density at radius 3 is 2.88 bits per heavy atom. The van der Waals surface area contributed by atoms with Crippen molar-refractivity contribution in [3.63, 3.8) is 0 Å². The minimum atomic E-state index is 0.0684. The molecular weight excluding hydrogens is 230 g/mol. The first-order valence-corrected chi connectivity index (χ1v) is 5.48. The van der Waals surface area contributed by atoms with E-state index in [4.69, 9.17) is 21.4 Å². The maximum Gasteiger partial charge on any atom is 0.158 e. The van der Waals surface area contributed by atoms with E-state index in [0.717, 1.165) is 0 Å². The van der Waals surface area contributed by atoms with E-state index in [-0.39, 0.29) is 6.61 Å². The van der Waals surface area contributed by atoms with E-state index in [0.29, 0.717) is 36.6 Å². The van der Waals surface area contributed by atoms with Gasteiger partial charge < -0.3 is 14.7 Å². The third kappa shape index (κ3) is 3.92. The molecule has 5 nitrogen and oxygen atoms in total. The topological polar surface area (TPSA) is 58.5 Å². The SMILES string of the molecule is CCOCc1nc(Cl)cc(N(C)CCO)n1. The number of aliphatic hydroxyl groups is 1. The van der Waals surface area contributed by atoms with Gasteiger partial charge in [0.05, 0.1) is 6.61 Å². The molecule has 16 heavy (non-hydrogen) atoms. The van der Waals surface area contributed by atoms with Gasteiger partial charge in [-0.3, -0.25) is 0 Å². The summed E-state index contributed by atoms with van der Waals surface area (Å²) in [5.74, 6) is 1.23. The third-order valence-electron chi connectivity index (χ3n) is 1.99. The Hall–Kier alpha value is -0.910. The molecular formula is C10H16ClN3O2. The molecule has 1 rings (SSSR count). The van der Waals surface area contributed by atoms with Gasteiger partial charge in [-0.25, -0.2) is 9.97 Å². The smallest absolute Gasteiger partial charge is 0.158 e. The van der Waals surface area contributed by atoms with Crippen molar-refractivity contribution in [2.24, 2.45) is 0 Å². The van der Waals surface area contributed by atoms with Gasteiger partial charge in [0.1, 0.15) is 17.6 Å². The van der Waals surface area contributed by atoms with Crippen LogP contribution in [0.3, 0.4) is 0 Å². The van der Waals surface area contributed by atoms with Crippen LogP contribution in [0.2, 0.25) is 5.15 Å². The Morgan fingerprint density at radius 2 is 2.25 bits per heavy atom. The van der Waals surface area contributed by atoms with Crippen LogP contribution < -0.4 is 4.90 Å². The highest BCUT2D eigenvalue weighted by atomic mass is 35.5. The predicted octanol–water partition coefficient (Wildman–Crippen LogP) is 1.09. The molecule has 0 radical (unpaired) electrons. The molecule has 0 aliphatic carbocycles. The van der Waals surface area contributed by atoms with E-state index in [1.165, 1.54) is 0 Å². The van der Waals surface area contributed by atoms with Crippen molar-refractivity contribution in [1.29, 1.82) is 0 Å². The maximum absolute atomic E-state index is 8.84. The first-order valence-electron chi connectivity index (χ1n) is 5.10. The summed E-state index contributed by atoms with van der Waals surface area (Å²) in [4.78, 5) is 10.1. The van der Waals surface area contributed by atoms with E-state index in [1.807, 2.05) is 18.9 Å². The third-order valence-corrected chi connectivity index (χ3v) is 2.18. The normalized spacial score (nSPS) is 10.5. The molecule has 0 atom stereocenters. The average molecular weight is 246 g/mol. The molecule has 0 unspecified atom stereocenters. The maximum atomic E-state index is 8.84. The van der Waals surface area contributed by atoms with Crippen LogP contribution in [0.4, 0.5) is 5.82 Å². The summed E-state index contributed by atoms with van der Waals surface area (Å²) >= 11 is 5.88. The minimum Gasteiger partial charge on any atom is -0.395 e. The highest BCUT2D eigenvalue weighted by Crippen LogP contribution is 2.15. The van der Waals surface area contributed by atoms with Crippen molar-refractivity contribution in [2.45, 2.75) is 13.5 Å². The second-order valence-corrected chi connectivity index (χ2v) is 3.63. The summed E-state index contributed by atoms with van der Waals surface area (Å²) in [5.41, 5.74) is 0. The van der Waals surface area contributed by atoms with Gasteiger partial charge in [0.15, 0.2) is 5.82 Å². The number of nitrogens with zero attached hydrogens (tertiary/aromatic N) is 3. The van der Waals surface area contributed by atoms with Crippen LogP contribution in [0.1, 0.15) is 12.7 Å². The van der Waals surface area contributed by atoms with E-state index in [9.17, 15) is 0 Å². The minimum absolute atomic E-state index is 0.0684. The number of anilines is 1. The lowest BCUT2D eigenvalue weighted by atomic mass is 10.4. The summed E-state index contributed by atoms with van der Waals surface area (Å²) in [7, 11) is 1.83. The summed E-state index contributed by atoms with van der Waals surface area (Å²) < 4.78 is 5.22. The van der Waals surface area contributed by atoms with Gasteiger partial charge >= 0.3 is 0 Å². The molecule has 0 aliphatic heterocycles. The Balaban J connectivity index is 2.80. The van der Waals surface area contributed by atoms with Gasteiger partial charge in [0, 0.05) is 26.3 Å². The zero-order valence-electron chi connectivity index (χ0n) is 9.48. The lowest BCUT2D eigenvalue weighted by Crippen LogP contribution is -2.23. The molecule has 0 saturated heterocycles. The van der Waals surface area contributed by atoms with Gasteiger partial charge in [-0.2, -0.15) is 0 Å². The van der Waals surface area contributed by atoms with Crippen molar-refractivity contribution in [3.05, 3.63) is 17.0 Å². The molecule has 0 bridgehead atoms. The fraction of sp³-hybridized carbons (Fsp3) is 0.600. The lowest BCUT2D eigenvalue weighted by molar-refractivity contribution is 0.128. The molecule has 1 aromatic heterocycles. The largest absolute Gasteiger partial charge is 0.395 e. The molecule has 0 amide bonds. The van der Waals surface area contributed by atoms with Crippen molar-refractivity contribution < 1.29 is 9.84 Å². The van der Waals surface area contributed by atoms with E-state index in [2.05, 4.69) is 9.97 Å². The zero-order chi connectivity index (χ0) is 12.0. The Labute approximate surface area is 100 Å². The fourth-order valence-corrected chi connectivity index (χ4v) is 1.36. The second-order valence-electron chi connectivity index (χ2n) is 3.25. The van der Waals surface area contributed by atoms with Crippen molar-refractivity contribution in [2.75, 3.05) is 31.7 Å². The summed E-state index contributed by atoms with van der Waals surface area (Å²) in [6.07, 6.45) is 0. The van der Waals surface area contributed by atoms with Crippen LogP contribution in [-0.4, -0.2) is 41.9 Å². The lowest BCUT2D eigenvalue weighted by Gasteiger charge is -2.17. The van der Waals surface area contributed by atoms with Crippen molar-refractivity contribution >= 4 is 17.4 Å². The number of rotatable bonds is 6. The highest BCUT2D eigenvalue weighted by molar-refractivity contribution is 6.29. The standard InChI is InChI=1S/C10H16ClN3O2/c1-3-16-7-9-12-8(11)6-10(13-9)14(2)4-5-15/h6,15H,3-5,7H2,1-2H3. The first kappa shape index (κ1) is 13.2. The zero-order valence-corrected chi connectivity index (χ0v) is 10.2. The fourth-order valence-electron chi connectivity index (χ4n) is 1.17. The number of halogens is 1. The number of aliphatic hydroxyl groups excluding tert-OH is 1. The average Bonchev–Trinajstić information content (AvgIpc) is 2.26. The summed E-state index contributed by atoms with van der Waals surface area (Å²) in [6.45, 7) is 3.43. The molecule has 0 aliphatic rings. The number of aromatic nitrogens is 2. The molecule has 1 N–H and O–H groups in total. The van der Waals surface area contributed by atoms with Crippen molar-refractivity contribution in [1.82, 2.24) is 9.97 Å². The van der Waals surface area contributed by atoms with Gasteiger partial charge in [0.2, 0.25) is 0 Å². The number of hydrogen-bond acceptors (Lipinski definition) is 5. The molecule has 0 fully saturated rings. The van der Waals surface area contributed by atoms with E-state index < -0.39 is 0 Å². The molecule has 0 spiro atoms. The Bertz CT molecular complexity index is 336. The van der Waals surface area contributed by atoms with Crippen LogP contribution in [0.5, 0.6) is 0 Å². The second kappa shape index (κ2) is 6.62. The quantitative estimate of drug-likeness (QED) is 0.761. The number of ether oxygens (including phenoxy) is 1. The van der Waals surface area contributed by atoms with Gasteiger partial charge in [0.25, 0.3) is 0 Å². The monoisotopic (exact) mass is 245 g/mol. The predicted molar refractivity (Wildman–Crippen MR) is 62.7 cm³/mol. The van der Waals surface area contributed by atoms with Gasteiger partial charge in [-0.15, -0.1) is 0 Å². The van der Waals surface area contributed by atoms with E-state index >= 15 is 0 Å².